The second-order valence-corrected chi connectivity index (χ2v) is 7.19. The molecule has 0 unspecified atom stereocenters. The number of nitrogens with zero attached hydrogens (tertiary/aromatic N) is 3. The first-order valence-corrected chi connectivity index (χ1v) is 9.42. The van der Waals surface area contributed by atoms with Gasteiger partial charge in [-0.1, -0.05) is 12.1 Å². The van der Waals surface area contributed by atoms with E-state index in [0.29, 0.717) is 30.5 Å². The second kappa shape index (κ2) is 7.56. The van der Waals surface area contributed by atoms with Crippen LogP contribution in [-0.4, -0.2) is 71.2 Å². The molecule has 0 spiro atoms. The quantitative estimate of drug-likeness (QED) is 0.850. The summed E-state index contributed by atoms with van der Waals surface area (Å²) in [5.41, 5.74) is 0.676. The van der Waals surface area contributed by atoms with E-state index in [-0.39, 0.29) is 17.3 Å². The number of amides is 1. The molecule has 2 aliphatic rings. The first-order chi connectivity index (χ1) is 13.1. The van der Waals surface area contributed by atoms with E-state index >= 15 is 0 Å². The molecule has 2 aliphatic heterocycles. The number of piperazine rings is 1. The van der Waals surface area contributed by atoms with Gasteiger partial charge in [-0.3, -0.25) is 24.7 Å². The number of aromatic amines is 2. The first kappa shape index (κ1) is 17.8. The Labute approximate surface area is 156 Å². The van der Waals surface area contributed by atoms with Crippen molar-refractivity contribution in [1.82, 2.24) is 20.0 Å². The molecule has 2 N–H and O–H groups in total. The van der Waals surface area contributed by atoms with Gasteiger partial charge in [0.05, 0.1) is 5.69 Å². The van der Waals surface area contributed by atoms with Crippen molar-refractivity contribution in [2.75, 3.05) is 44.2 Å². The third kappa shape index (κ3) is 3.75. The van der Waals surface area contributed by atoms with Crippen molar-refractivity contribution in [2.45, 2.75) is 18.9 Å². The normalized spacial score (nSPS) is 21.4. The van der Waals surface area contributed by atoms with Crippen molar-refractivity contribution in [1.29, 1.82) is 0 Å². The van der Waals surface area contributed by atoms with E-state index in [1.165, 1.54) is 12.1 Å². The van der Waals surface area contributed by atoms with Crippen molar-refractivity contribution in [3.8, 4) is 0 Å². The summed E-state index contributed by atoms with van der Waals surface area (Å²) in [5.74, 6) is -0.316. The maximum absolute atomic E-state index is 14.0. The summed E-state index contributed by atoms with van der Waals surface area (Å²) in [6, 6.07) is 8.50. The fraction of sp³-hybridized carbons (Fsp3) is 0.474. The fourth-order valence-electron chi connectivity index (χ4n) is 4.09. The third-order valence-electron chi connectivity index (χ3n) is 5.53. The van der Waals surface area contributed by atoms with Gasteiger partial charge >= 0.3 is 0 Å². The highest BCUT2D eigenvalue weighted by Gasteiger charge is 2.31. The number of halogens is 1. The predicted octanol–water partition coefficient (Wildman–Crippen LogP) is 1.27. The highest BCUT2D eigenvalue weighted by Crippen LogP contribution is 2.23. The Morgan fingerprint density at radius 1 is 1.07 bits per heavy atom. The number of hydrogen-bond donors (Lipinski definition) is 2. The van der Waals surface area contributed by atoms with Crippen LogP contribution in [0.15, 0.2) is 35.1 Å². The minimum Gasteiger partial charge on any atom is -0.367 e. The smallest absolute Gasteiger partial charge is 0.271 e. The third-order valence-corrected chi connectivity index (χ3v) is 5.53. The minimum atomic E-state index is -0.295. The largest absolute Gasteiger partial charge is 0.367 e. The van der Waals surface area contributed by atoms with Crippen LogP contribution in [0.1, 0.15) is 23.3 Å². The summed E-state index contributed by atoms with van der Waals surface area (Å²) >= 11 is 0. The van der Waals surface area contributed by atoms with Crippen LogP contribution in [0.5, 0.6) is 0 Å². The van der Waals surface area contributed by atoms with Crippen LogP contribution in [0, 0.1) is 5.82 Å². The maximum Gasteiger partial charge on any atom is 0.271 e. The highest BCUT2D eigenvalue weighted by atomic mass is 19.1. The van der Waals surface area contributed by atoms with E-state index in [1.54, 1.807) is 6.07 Å². The standard InChI is InChI=1S/C19H24FN5O2/c20-15-5-1-2-6-17(15)24-10-8-23(9-11-24)14-4-3-7-25(13-14)19(27)16-12-18(26)22-21-16/h1-2,5-6,12,14H,3-4,7-11,13H2,(H2,21,22,26)/t14-/m0/s1. The van der Waals surface area contributed by atoms with Gasteiger partial charge in [0, 0.05) is 51.4 Å². The van der Waals surface area contributed by atoms with Crippen molar-refractivity contribution >= 4 is 11.6 Å². The Bertz CT molecular complexity index is 856. The molecular weight excluding hydrogens is 349 g/mol. The Morgan fingerprint density at radius 3 is 2.56 bits per heavy atom. The average Bonchev–Trinajstić information content (AvgIpc) is 3.14. The Kier molecular flexibility index (Phi) is 4.98. The van der Waals surface area contributed by atoms with Crippen LogP contribution in [0.3, 0.4) is 0 Å². The lowest BCUT2D eigenvalue weighted by molar-refractivity contribution is 0.0558. The molecule has 27 heavy (non-hydrogen) atoms. The lowest BCUT2D eigenvalue weighted by Gasteiger charge is -2.43. The van der Waals surface area contributed by atoms with E-state index in [9.17, 15) is 14.0 Å². The van der Waals surface area contributed by atoms with Gasteiger partial charge in [-0.15, -0.1) is 0 Å². The van der Waals surface area contributed by atoms with Gasteiger partial charge in [0.15, 0.2) is 0 Å². The van der Waals surface area contributed by atoms with E-state index in [0.717, 1.165) is 39.0 Å². The molecule has 2 saturated heterocycles. The van der Waals surface area contributed by atoms with Crippen molar-refractivity contribution in [3.63, 3.8) is 0 Å². The predicted molar refractivity (Wildman–Crippen MR) is 101 cm³/mol. The number of likely N-dealkylation sites (tertiary alicyclic amines) is 1. The monoisotopic (exact) mass is 373 g/mol. The van der Waals surface area contributed by atoms with Crippen LogP contribution in [-0.2, 0) is 0 Å². The maximum atomic E-state index is 14.0. The van der Waals surface area contributed by atoms with Gasteiger partial charge < -0.3 is 9.80 Å². The number of anilines is 1. The fourth-order valence-corrected chi connectivity index (χ4v) is 4.09. The number of H-pyrrole nitrogens is 2. The number of aromatic nitrogens is 2. The lowest BCUT2D eigenvalue weighted by Crippen LogP contribution is -2.56. The summed E-state index contributed by atoms with van der Waals surface area (Å²) in [6.45, 7) is 4.61. The number of rotatable bonds is 3. The SMILES string of the molecule is O=C(c1cc(=O)[nH][nH]1)N1CCC[C@H](N2CCN(c3ccccc3F)CC2)C1. The van der Waals surface area contributed by atoms with Gasteiger partial charge in [-0.25, -0.2) is 4.39 Å². The highest BCUT2D eigenvalue weighted by molar-refractivity contribution is 5.92. The van der Waals surface area contributed by atoms with Crippen LogP contribution in [0.2, 0.25) is 0 Å². The van der Waals surface area contributed by atoms with Gasteiger partial charge in [0.2, 0.25) is 0 Å². The molecule has 3 heterocycles. The zero-order valence-electron chi connectivity index (χ0n) is 15.2. The van der Waals surface area contributed by atoms with Crippen LogP contribution in [0.4, 0.5) is 10.1 Å². The molecule has 0 saturated carbocycles. The molecule has 1 aromatic carbocycles. The number of piperidine rings is 1. The Hall–Kier alpha value is -2.61. The van der Waals surface area contributed by atoms with Gasteiger partial charge in [-0.2, -0.15) is 0 Å². The van der Waals surface area contributed by atoms with Crippen molar-refractivity contribution in [2.24, 2.45) is 0 Å². The molecule has 0 radical (unpaired) electrons. The van der Waals surface area contributed by atoms with Gasteiger partial charge in [-0.05, 0) is 25.0 Å². The number of para-hydroxylation sites is 1. The number of carbonyl (C=O) groups excluding carboxylic acids is 1. The zero-order chi connectivity index (χ0) is 18.8. The van der Waals surface area contributed by atoms with Gasteiger partial charge in [0.1, 0.15) is 11.5 Å². The zero-order valence-corrected chi connectivity index (χ0v) is 15.2. The Balaban J connectivity index is 1.36. The molecule has 8 heteroatoms. The number of benzene rings is 1. The molecule has 0 aliphatic carbocycles. The molecule has 144 valence electrons. The van der Waals surface area contributed by atoms with E-state index in [4.69, 9.17) is 0 Å². The average molecular weight is 373 g/mol. The molecule has 4 rings (SSSR count). The molecule has 1 amide bonds. The Morgan fingerprint density at radius 2 is 1.85 bits per heavy atom. The van der Waals surface area contributed by atoms with Crippen LogP contribution >= 0.6 is 0 Å². The second-order valence-electron chi connectivity index (χ2n) is 7.19. The van der Waals surface area contributed by atoms with Crippen molar-refractivity contribution < 1.29 is 9.18 Å². The first-order valence-electron chi connectivity index (χ1n) is 9.42. The summed E-state index contributed by atoms with van der Waals surface area (Å²) in [6.07, 6.45) is 1.99. The van der Waals surface area contributed by atoms with Crippen LogP contribution < -0.4 is 10.5 Å². The van der Waals surface area contributed by atoms with Crippen molar-refractivity contribution in [3.05, 3.63) is 52.2 Å². The summed E-state index contributed by atoms with van der Waals surface area (Å²) in [5, 5.41) is 5.06. The van der Waals surface area contributed by atoms with E-state index in [1.807, 2.05) is 17.0 Å². The number of carbonyl (C=O) groups is 1. The van der Waals surface area contributed by atoms with Crippen LogP contribution in [0.25, 0.3) is 0 Å². The molecular formula is C19H24FN5O2. The summed E-state index contributed by atoms with van der Waals surface area (Å²) in [7, 11) is 0. The van der Waals surface area contributed by atoms with E-state index in [2.05, 4.69) is 20.0 Å². The summed E-state index contributed by atoms with van der Waals surface area (Å²) in [4.78, 5) is 30.1. The minimum absolute atomic E-state index is 0.136. The molecule has 1 aromatic heterocycles. The number of nitrogens with one attached hydrogen (secondary N) is 2. The number of hydrogen-bond acceptors (Lipinski definition) is 4. The molecule has 1 atom stereocenters. The molecule has 0 bridgehead atoms. The lowest BCUT2D eigenvalue weighted by atomic mass is 10.0. The topological polar surface area (TPSA) is 75.4 Å². The van der Waals surface area contributed by atoms with Gasteiger partial charge in [0.25, 0.3) is 11.5 Å². The molecule has 2 fully saturated rings. The molecule has 7 nitrogen and oxygen atoms in total. The van der Waals surface area contributed by atoms with E-state index < -0.39 is 0 Å². The summed E-state index contributed by atoms with van der Waals surface area (Å²) < 4.78 is 14.0. The molecule has 2 aromatic rings.